The third-order valence-electron chi connectivity index (χ3n) is 2.39. The van der Waals surface area contributed by atoms with Gasteiger partial charge >= 0.3 is 0 Å². The fourth-order valence-electron chi connectivity index (χ4n) is 1.49. The van der Waals surface area contributed by atoms with Crippen LogP contribution in [0.1, 0.15) is 13.3 Å². The first-order valence-electron chi connectivity index (χ1n) is 6.48. The van der Waals surface area contributed by atoms with E-state index in [2.05, 4.69) is 17.6 Å². The Kier molecular flexibility index (Phi) is 7.62. The van der Waals surface area contributed by atoms with E-state index in [4.69, 9.17) is 9.47 Å². The molecule has 1 amide bonds. The fraction of sp³-hybridized carbons (Fsp3) is 0.500. The van der Waals surface area contributed by atoms with Gasteiger partial charge in [0.05, 0.1) is 13.2 Å². The van der Waals surface area contributed by atoms with Crippen LogP contribution in [0.4, 0.5) is 5.69 Å². The molecule has 1 aromatic carbocycles. The molecule has 0 saturated heterocycles. The van der Waals surface area contributed by atoms with Crippen LogP contribution in [0.2, 0.25) is 0 Å². The van der Waals surface area contributed by atoms with Gasteiger partial charge in [-0.15, -0.1) is 0 Å². The van der Waals surface area contributed by atoms with Crippen molar-refractivity contribution in [1.82, 2.24) is 5.32 Å². The molecule has 0 fully saturated rings. The second-order valence-corrected chi connectivity index (χ2v) is 4.09. The number of amides is 1. The van der Waals surface area contributed by atoms with Gasteiger partial charge in [0, 0.05) is 18.9 Å². The molecule has 0 aromatic heterocycles. The van der Waals surface area contributed by atoms with Crippen molar-refractivity contribution in [2.75, 3.05) is 38.7 Å². The van der Waals surface area contributed by atoms with E-state index < -0.39 is 0 Å². The average Bonchev–Trinajstić information content (AvgIpc) is 2.40. The highest BCUT2D eigenvalue weighted by Crippen LogP contribution is 2.17. The minimum absolute atomic E-state index is 0.0532. The zero-order valence-electron chi connectivity index (χ0n) is 11.6. The van der Waals surface area contributed by atoms with Crippen LogP contribution in [-0.4, -0.2) is 39.3 Å². The zero-order chi connectivity index (χ0) is 13.9. The Morgan fingerprint density at radius 1 is 1.32 bits per heavy atom. The molecule has 1 rings (SSSR count). The molecule has 0 spiro atoms. The SMILES string of the molecule is CCCNCC(=O)Nc1cccc(OCCOC)c1. The van der Waals surface area contributed by atoms with Gasteiger partial charge in [0.25, 0.3) is 0 Å². The van der Waals surface area contributed by atoms with Crippen LogP contribution < -0.4 is 15.4 Å². The number of carbonyl (C=O) groups excluding carboxylic acids is 1. The summed E-state index contributed by atoms with van der Waals surface area (Å²) in [5, 5.41) is 5.87. The average molecular weight is 266 g/mol. The lowest BCUT2D eigenvalue weighted by Gasteiger charge is -2.09. The number of anilines is 1. The van der Waals surface area contributed by atoms with E-state index in [1.807, 2.05) is 18.2 Å². The standard InChI is InChI=1S/C14H22N2O3/c1-3-7-15-11-14(17)16-12-5-4-6-13(10-12)19-9-8-18-2/h4-6,10,15H,3,7-9,11H2,1-2H3,(H,16,17). The Morgan fingerprint density at radius 2 is 2.16 bits per heavy atom. The van der Waals surface area contributed by atoms with Gasteiger partial charge in [0.2, 0.25) is 5.91 Å². The molecule has 0 saturated carbocycles. The summed E-state index contributed by atoms with van der Waals surface area (Å²) in [6.07, 6.45) is 1.01. The van der Waals surface area contributed by atoms with Crippen LogP contribution in [-0.2, 0) is 9.53 Å². The van der Waals surface area contributed by atoms with Crippen molar-refractivity contribution in [3.8, 4) is 5.75 Å². The van der Waals surface area contributed by atoms with E-state index in [0.717, 1.165) is 24.4 Å². The monoisotopic (exact) mass is 266 g/mol. The second-order valence-electron chi connectivity index (χ2n) is 4.09. The number of carbonyl (C=O) groups is 1. The van der Waals surface area contributed by atoms with Crippen molar-refractivity contribution >= 4 is 11.6 Å². The molecule has 0 bridgehead atoms. The Hall–Kier alpha value is -1.59. The van der Waals surface area contributed by atoms with Crippen LogP contribution in [0.15, 0.2) is 24.3 Å². The number of methoxy groups -OCH3 is 1. The van der Waals surface area contributed by atoms with Crippen LogP contribution in [0.3, 0.4) is 0 Å². The Balaban J connectivity index is 2.40. The largest absolute Gasteiger partial charge is 0.491 e. The van der Waals surface area contributed by atoms with Crippen molar-refractivity contribution in [1.29, 1.82) is 0 Å². The quantitative estimate of drug-likeness (QED) is 0.667. The summed E-state index contributed by atoms with van der Waals surface area (Å²) >= 11 is 0. The summed E-state index contributed by atoms with van der Waals surface area (Å²) in [6.45, 7) is 4.26. The van der Waals surface area contributed by atoms with Gasteiger partial charge in [0.15, 0.2) is 0 Å². The molecule has 0 radical (unpaired) electrons. The van der Waals surface area contributed by atoms with Crippen molar-refractivity contribution in [2.24, 2.45) is 0 Å². The highest BCUT2D eigenvalue weighted by molar-refractivity contribution is 5.92. The molecular weight excluding hydrogens is 244 g/mol. The third-order valence-corrected chi connectivity index (χ3v) is 2.39. The maximum Gasteiger partial charge on any atom is 0.238 e. The summed E-state index contributed by atoms with van der Waals surface area (Å²) in [5.74, 6) is 0.666. The first-order chi connectivity index (χ1) is 9.26. The maximum atomic E-state index is 11.6. The summed E-state index contributed by atoms with van der Waals surface area (Å²) < 4.78 is 10.4. The van der Waals surface area contributed by atoms with Crippen LogP contribution in [0, 0.1) is 0 Å². The molecule has 1 aromatic rings. The van der Waals surface area contributed by atoms with Crippen LogP contribution >= 0.6 is 0 Å². The predicted octanol–water partition coefficient (Wildman–Crippen LogP) is 1.65. The van der Waals surface area contributed by atoms with E-state index in [9.17, 15) is 4.79 Å². The van der Waals surface area contributed by atoms with Crippen molar-refractivity contribution in [3.63, 3.8) is 0 Å². The first kappa shape index (κ1) is 15.5. The Morgan fingerprint density at radius 3 is 2.89 bits per heavy atom. The lowest BCUT2D eigenvalue weighted by atomic mass is 10.3. The van der Waals surface area contributed by atoms with E-state index in [0.29, 0.717) is 19.8 Å². The number of hydrogen-bond acceptors (Lipinski definition) is 4. The Bertz CT molecular complexity index is 383. The molecular formula is C14H22N2O3. The predicted molar refractivity (Wildman–Crippen MR) is 75.6 cm³/mol. The smallest absolute Gasteiger partial charge is 0.238 e. The fourth-order valence-corrected chi connectivity index (χ4v) is 1.49. The molecule has 5 heteroatoms. The molecule has 0 aliphatic carbocycles. The molecule has 0 unspecified atom stereocenters. The summed E-state index contributed by atoms with van der Waals surface area (Å²) in [4.78, 5) is 11.6. The lowest BCUT2D eigenvalue weighted by molar-refractivity contribution is -0.115. The minimum Gasteiger partial charge on any atom is -0.491 e. The minimum atomic E-state index is -0.0532. The number of hydrogen-bond donors (Lipinski definition) is 2. The van der Waals surface area contributed by atoms with Crippen LogP contribution in [0.5, 0.6) is 5.75 Å². The molecule has 0 aliphatic heterocycles. The van der Waals surface area contributed by atoms with Crippen molar-refractivity contribution in [3.05, 3.63) is 24.3 Å². The van der Waals surface area contributed by atoms with Gasteiger partial charge in [-0.1, -0.05) is 13.0 Å². The van der Waals surface area contributed by atoms with Gasteiger partial charge in [0.1, 0.15) is 12.4 Å². The normalized spacial score (nSPS) is 10.2. The van der Waals surface area contributed by atoms with E-state index >= 15 is 0 Å². The highest BCUT2D eigenvalue weighted by Gasteiger charge is 2.02. The molecule has 106 valence electrons. The number of benzene rings is 1. The summed E-state index contributed by atoms with van der Waals surface area (Å²) in [6, 6.07) is 7.33. The van der Waals surface area contributed by atoms with E-state index in [1.54, 1.807) is 13.2 Å². The van der Waals surface area contributed by atoms with Gasteiger partial charge in [-0.3, -0.25) is 4.79 Å². The highest BCUT2D eigenvalue weighted by atomic mass is 16.5. The van der Waals surface area contributed by atoms with Gasteiger partial charge < -0.3 is 20.1 Å². The Labute approximate surface area is 114 Å². The molecule has 0 aliphatic rings. The maximum absolute atomic E-state index is 11.6. The molecule has 2 N–H and O–H groups in total. The third kappa shape index (κ3) is 6.79. The first-order valence-corrected chi connectivity index (χ1v) is 6.48. The molecule has 19 heavy (non-hydrogen) atoms. The number of rotatable bonds is 9. The zero-order valence-corrected chi connectivity index (χ0v) is 11.6. The van der Waals surface area contributed by atoms with Crippen molar-refractivity contribution < 1.29 is 14.3 Å². The topological polar surface area (TPSA) is 59.6 Å². The summed E-state index contributed by atoms with van der Waals surface area (Å²) in [5.41, 5.74) is 0.734. The second kappa shape index (κ2) is 9.35. The van der Waals surface area contributed by atoms with Gasteiger partial charge in [-0.25, -0.2) is 0 Å². The van der Waals surface area contributed by atoms with Gasteiger partial charge in [-0.2, -0.15) is 0 Å². The van der Waals surface area contributed by atoms with Gasteiger partial charge in [-0.05, 0) is 25.1 Å². The molecule has 5 nitrogen and oxygen atoms in total. The molecule has 0 atom stereocenters. The van der Waals surface area contributed by atoms with E-state index in [-0.39, 0.29) is 5.91 Å². The van der Waals surface area contributed by atoms with E-state index in [1.165, 1.54) is 0 Å². The summed E-state index contributed by atoms with van der Waals surface area (Å²) in [7, 11) is 1.63. The van der Waals surface area contributed by atoms with Crippen LogP contribution in [0.25, 0.3) is 0 Å². The lowest BCUT2D eigenvalue weighted by Crippen LogP contribution is -2.28. The van der Waals surface area contributed by atoms with Crippen molar-refractivity contribution in [2.45, 2.75) is 13.3 Å². The number of ether oxygens (including phenoxy) is 2. The molecule has 0 heterocycles. The number of nitrogens with one attached hydrogen (secondary N) is 2.